The number of nitrogens with one attached hydrogen (secondary N) is 2. The lowest BCUT2D eigenvalue weighted by Crippen LogP contribution is -2.25. The Hall–Kier alpha value is -3.92. The number of rotatable bonds is 18. The number of hydrogen-bond donors (Lipinski definition) is 2. The van der Waals surface area contributed by atoms with Crippen molar-refractivity contribution in [3.63, 3.8) is 0 Å². The van der Waals surface area contributed by atoms with Crippen molar-refractivity contribution >= 4 is 22.6 Å². The molecule has 312 valence electrons. The molecule has 0 spiro atoms. The highest BCUT2D eigenvalue weighted by Crippen LogP contribution is 2.48. The van der Waals surface area contributed by atoms with Gasteiger partial charge >= 0.3 is 0 Å². The first kappa shape index (κ1) is 43.7. The van der Waals surface area contributed by atoms with Crippen LogP contribution in [0.15, 0.2) is 74.0 Å². The average molecular weight is 781 g/mol. The van der Waals surface area contributed by atoms with Gasteiger partial charge in [-0.15, -0.1) is 0 Å². The smallest absolute Gasteiger partial charge is 0.0721 e. The first-order chi connectivity index (χ1) is 28.4. The zero-order valence-electron chi connectivity index (χ0n) is 38.5. The number of hydrogen-bond acceptors (Lipinski definition) is 2. The number of allylic oxidation sites excluding steroid dienone is 6. The highest BCUT2D eigenvalue weighted by molar-refractivity contribution is 6.23. The van der Waals surface area contributed by atoms with E-state index in [1.807, 2.05) is 0 Å². The predicted octanol–water partition coefficient (Wildman–Crippen LogP) is 15.5. The molecule has 2 N–H and O–H groups in total. The van der Waals surface area contributed by atoms with E-state index < -0.39 is 0 Å². The number of aromatic nitrogens is 2. The largest absolute Gasteiger partial charge is 0.357 e. The molecule has 0 aliphatic carbocycles. The van der Waals surface area contributed by atoms with E-state index in [-0.39, 0.29) is 11.8 Å². The molecule has 0 unspecified atom stereocenters. The summed E-state index contributed by atoms with van der Waals surface area (Å²) in [6, 6.07) is 11.4. The van der Waals surface area contributed by atoms with Gasteiger partial charge in [-0.3, -0.25) is 9.98 Å². The lowest BCUT2D eigenvalue weighted by Gasteiger charge is -2.21. The second kappa shape index (κ2) is 19.9. The van der Waals surface area contributed by atoms with E-state index in [2.05, 4.69) is 116 Å². The number of H-pyrrole nitrogens is 2. The van der Waals surface area contributed by atoms with E-state index in [1.54, 1.807) is 0 Å². The molecule has 2 aromatic heterocycles. The molecular weight excluding hydrogens is 705 g/mol. The molecule has 3 aromatic rings. The van der Waals surface area contributed by atoms with Crippen LogP contribution in [0.5, 0.6) is 0 Å². The van der Waals surface area contributed by atoms with Gasteiger partial charge in [0.1, 0.15) is 0 Å². The molecule has 58 heavy (non-hydrogen) atoms. The van der Waals surface area contributed by atoms with Crippen molar-refractivity contribution in [1.82, 2.24) is 9.97 Å². The van der Waals surface area contributed by atoms with Crippen molar-refractivity contribution in [2.45, 2.75) is 191 Å². The molecule has 6 rings (SSSR count). The lowest BCUT2D eigenvalue weighted by molar-refractivity contribution is 0.683. The van der Waals surface area contributed by atoms with Crippen molar-refractivity contribution in [2.24, 2.45) is 15.9 Å². The average Bonchev–Trinajstić information content (AvgIpc) is 4.01. The fourth-order valence-electron chi connectivity index (χ4n) is 10.9. The molecule has 0 atom stereocenters. The highest BCUT2D eigenvalue weighted by Gasteiger charge is 2.38. The van der Waals surface area contributed by atoms with Crippen LogP contribution in [0.1, 0.15) is 216 Å². The Labute approximate surface area is 353 Å². The molecule has 5 heterocycles. The normalized spacial score (nSPS) is 20.8. The van der Waals surface area contributed by atoms with E-state index >= 15 is 0 Å². The van der Waals surface area contributed by atoms with Crippen molar-refractivity contribution in [3.05, 3.63) is 115 Å². The Morgan fingerprint density at radius 2 is 0.862 bits per heavy atom. The van der Waals surface area contributed by atoms with Crippen LogP contribution in [-0.2, 0) is 25.7 Å². The first-order valence-electron chi connectivity index (χ1n) is 24.0. The fraction of sp³-hybridized carbons (Fsp3) is 0.556. The third kappa shape index (κ3) is 7.79. The summed E-state index contributed by atoms with van der Waals surface area (Å²) in [7, 11) is 0. The second-order valence-electron chi connectivity index (χ2n) is 16.9. The predicted molar refractivity (Wildman–Crippen MR) is 252 cm³/mol. The van der Waals surface area contributed by atoms with Gasteiger partial charge in [0, 0.05) is 39.8 Å². The summed E-state index contributed by atoms with van der Waals surface area (Å²) in [5.41, 5.74) is 26.6. The van der Waals surface area contributed by atoms with Crippen molar-refractivity contribution in [2.75, 3.05) is 0 Å². The molecule has 4 heteroatoms. The minimum Gasteiger partial charge on any atom is -0.357 e. The van der Waals surface area contributed by atoms with Gasteiger partial charge < -0.3 is 9.97 Å². The van der Waals surface area contributed by atoms with Crippen LogP contribution in [0.25, 0.3) is 11.1 Å². The Morgan fingerprint density at radius 1 is 0.448 bits per heavy atom. The number of aromatic amines is 2. The van der Waals surface area contributed by atoms with Gasteiger partial charge in [-0.2, -0.15) is 0 Å². The van der Waals surface area contributed by atoms with Crippen LogP contribution in [0, 0.1) is 5.92 Å². The minimum absolute atomic E-state index is 0.0513. The summed E-state index contributed by atoms with van der Waals surface area (Å²) < 4.78 is 0. The van der Waals surface area contributed by atoms with Crippen LogP contribution >= 0.6 is 0 Å². The number of aliphatic imine (C=N–C) groups is 2. The van der Waals surface area contributed by atoms with Gasteiger partial charge in [-0.05, 0) is 134 Å². The number of fused-ring (bicyclic) bond motifs is 6. The molecule has 0 saturated carbocycles. The summed E-state index contributed by atoms with van der Waals surface area (Å²) in [5, 5.41) is 0. The van der Waals surface area contributed by atoms with Crippen LogP contribution in [0.4, 0.5) is 0 Å². The minimum atomic E-state index is 0.0513. The van der Waals surface area contributed by atoms with E-state index in [4.69, 9.17) is 9.98 Å². The zero-order valence-corrected chi connectivity index (χ0v) is 38.5. The van der Waals surface area contributed by atoms with Crippen molar-refractivity contribution in [3.8, 4) is 0 Å². The third-order valence-corrected chi connectivity index (χ3v) is 13.7. The monoisotopic (exact) mass is 781 g/mol. The van der Waals surface area contributed by atoms with Crippen LogP contribution in [-0.4, -0.2) is 21.4 Å². The van der Waals surface area contributed by atoms with Crippen molar-refractivity contribution in [1.29, 1.82) is 0 Å². The summed E-state index contributed by atoms with van der Waals surface area (Å²) in [6.07, 6.45) is 18.0. The van der Waals surface area contributed by atoms with Crippen LogP contribution in [0.2, 0.25) is 0 Å². The molecule has 0 amide bonds. The van der Waals surface area contributed by atoms with Crippen molar-refractivity contribution < 1.29 is 0 Å². The Balaban J connectivity index is 1.88. The maximum atomic E-state index is 5.98. The van der Waals surface area contributed by atoms with Gasteiger partial charge in [0.25, 0.3) is 0 Å². The zero-order chi connectivity index (χ0) is 41.5. The van der Waals surface area contributed by atoms with E-state index in [0.717, 1.165) is 96.3 Å². The summed E-state index contributed by atoms with van der Waals surface area (Å²) in [5.74, 6) is 0.237. The molecule has 3 aliphatic heterocycles. The molecule has 4 nitrogen and oxygen atoms in total. The standard InChI is InChI=1S/C54H76N4/c1-12-23-31-43-47-35(15-4)37(17-6)49(55-47)44(32-24-13-2)51-39(19-8)41(21-10)53(57-51)46(34-29-27-26-28-30-34)54-42(22-11)40(20-9)52(58-54)45(33-25-14-3)50-38(18-7)36(16-5)48(43)56-50/h26-30,43,46,57-58H,12-25,31-33H2,1-11H3/b49-44-,50-45-. The van der Waals surface area contributed by atoms with E-state index in [1.165, 1.54) is 120 Å². The number of unbranched alkanes of at least 4 members (excludes halogenated alkanes) is 3. The highest BCUT2D eigenvalue weighted by atomic mass is 14.9. The third-order valence-electron chi connectivity index (χ3n) is 13.7. The van der Waals surface area contributed by atoms with E-state index in [9.17, 15) is 0 Å². The number of benzene rings is 1. The first-order valence-corrected chi connectivity index (χ1v) is 24.0. The maximum Gasteiger partial charge on any atom is 0.0721 e. The number of nitrogens with zero attached hydrogens (tertiary/aromatic N) is 2. The van der Waals surface area contributed by atoms with E-state index in [0.29, 0.717) is 0 Å². The summed E-state index contributed by atoms with van der Waals surface area (Å²) in [6.45, 7) is 26.0. The Bertz CT molecular complexity index is 1990. The maximum absolute atomic E-state index is 5.98. The molecule has 0 radical (unpaired) electrons. The van der Waals surface area contributed by atoms with Gasteiger partial charge in [-0.1, -0.05) is 132 Å². The van der Waals surface area contributed by atoms with Gasteiger partial charge in [0.15, 0.2) is 0 Å². The Morgan fingerprint density at radius 3 is 1.22 bits per heavy atom. The topological polar surface area (TPSA) is 56.3 Å². The molecule has 8 bridgehead atoms. The fourth-order valence-corrected chi connectivity index (χ4v) is 10.9. The van der Waals surface area contributed by atoms with Gasteiger partial charge in [-0.25, -0.2) is 0 Å². The second-order valence-corrected chi connectivity index (χ2v) is 16.9. The lowest BCUT2D eigenvalue weighted by atomic mass is 9.81. The van der Waals surface area contributed by atoms with Crippen LogP contribution in [0.3, 0.4) is 0 Å². The molecular formula is C54H76N4. The Kier molecular flexibility index (Phi) is 15.0. The van der Waals surface area contributed by atoms with Gasteiger partial charge in [0.2, 0.25) is 0 Å². The summed E-state index contributed by atoms with van der Waals surface area (Å²) >= 11 is 0. The molecule has 3 aliphatic rings. The van der Waals surface area contributed by atoms with Crippen LogP contribution < -0.4 is 0 Å². The quantitative estimate of drug-likeness (QED) is 0.129. The molecule has 1 aromatic carbocycles. The SMILES string of the molecule is CCCC/C1=C2/N=C(C(CC)=C2CC)C(CCCC)C2=N/C(=C(/CCCC)c3[nH]c(c(CC)c3CC)C(c3ccccc3)c3[nH]c1c(CC)c3CC)C(CC)=C2CC. The van der Waals surface area contributed by atoms with Gasteiger partial charge in [0.05, 0.1) is 28.7 Å². The molecule has 0 saturated heterocycles. The summed E-state index contributed by atoms with van der Waals surface area (Å²) in [4.78, 5) is 20.6. The molecule has 0 fully saturated rings.